The molecule has 0 saturated carbocycles. The van der Waals surface area contributed by atoms with Crippen LogP contribution in [0, 0.1) is 0 Å². The molecule has 0 radical (unpaired) electrons. The largest absolute Gasteiger partial charge is 0.506 e. The summed E-state index contributed by atoms with van der Waals surface area (Å²) in [5, 5.41) is 11.6. The second kappa shape index (κ2) is 6.49. The second-order valence-corrected chi connectivity index (χ2v) is 9.10. The summed E-state index contributed by atoms with van der Waals surface area (Å²) in [7, 11) is 0. The number of aromatic hydroxyl groups is 1. The van der Waals surface area contributed by atoms with Gasteiger partial charge in [-0.05, 0) is 23.8 Å². The van der Waals surface area contributed by atoms with Crippen LogP contribution >= 0.6 is 46.6 Å². The Morgan fingerprint density at radius 2 is 1.67 bits per heavy atom. The van der Waals surface area contributed by atoms with Crippen LogP contribution in [0.3, 0.4) is 0 Å². The van der Waals surface area contributed by atoms with Crippen molar-refractivity contribution in [1.29, 1.82) is 0 Å². The molecule has 0 saturated heterocycles. The molecule has 1 aliphatic heterocycles. The molecule has 1 aliphatic rings. The lowest BCUT2D eigenvalue weighted by Crippen LogP contribution is -2.24. The number of rotatable bonds is 2. The lowest BCUT2D eigenvalue weighted by atomic mass is 9.83. The van der Waals surface area contributed by atoms with Crippen LogP contribution in [0.2, 0.25) is 15.1 Å². The number of halogens is 3. The first-order chi connectivity index (χ1) is 12.7. The number of hydrogen-bond donors (Lipinski definition) is 1. The highest BCUT2D eigenvalue weighted by Crippen LogP contribution is 2.45. The minimum atomic E-state index is -0.391. The van der Waals surface area contributed by atoms with Gasteiger partial charge in [0.25, 0.3) is 5.56 Å². The number of hydrogen-bond acceptors (Lipinski definition) is 3. The van der Waals surface area contributed by atoms with E-state index in [2.05, 4.69) is 0 Å². The van der Waals surface area contributed by atoms with Gasteiger partial charge in [-0.2, -0.15) is 0 Å². The molecule has 0 amide bonds. The summed E-state index contributed by atoms with van der Waals surface area (Å²) >= 11 is 19.4. The van der Waals surface area contributed by atoms with E-state index < -0.39 is 5.41 Å². The van der Waals surface area contributed by atoms with E-state index >= 15 is 0 Å². The summed E-state index contributed by atoms with van der Waals surface area (Å²) in [6.07, 6.45) is 0. The van der Waals surface area contributed by atoms with Gasteiger partial charge in [0.05, 0.1) is 20.8 Å². The van der Waals surface area contributed by atoms with Crippen molar-refractivity contribution in [3.8, 4) is 11.4 Å². The fourth-order valence-electron chi connectivity index (χ4n) is 3.40. The Morgan fingerprint density at radius 3 is 2.41 bits per heavy atom. The van der Waals surface area contributed by atoms with Crippen molar-refractivity contribution in [3.05, 3.63) is 79.1 Å². The summed E-state index contributed by atoms with van der Waals surface area (Å²) < 4.78 is 1.66. The first kappa shape index (κ1) is 18.8. The zero-order valence-electron chi connectivity index (χ0n) is 14.4. The van der Waals surface area contributed by atoms with Crippen LogP contribution in [0.25, 0.3) is 5.69 Å². The molecule has 2 heterocycles. The summed E-state index contributed by atoms with van der Waals surface area (Å²) in [6, 6.07) is 12.5. The molecule has 3 aromatic rings. The van der Waals surface area contributed by atoms with Gasteiger partial charge in [-0.25, -0.2) is 0 Å². The van der Waals surface area contributed by atoms with Crippen molar-refractivity contribution < 1.29 is 5.11 Å². The maximum absolute atomic E-state index is 13.3. The fourth-order valence-corrected chi connectivity index (χ4v) is 5.03. The first-order valence-electron chi connectivity index (χ1n) is 8.13. The number of para-hydroxylation sites is 1. The average Bonchev–Trinajstić information content (AvgIpc) is 2.84. The van der Waals surface area contributed by atoms with Crippen molar-refractivity contribution in [1.82, 2.24) is 4.57 Å². The number of aromatic nitrogens is 1. The van der Waals surface area contributed by atoms with E-state index in [1.807, 2.05) is 38.1 Å². The van der Waals surface area contributed by atoms with Crippen LogP contribution in [0.4, 0.5) is 0 Å². The molecule has 0 atom stereocenters. The Labute approximate surface area is 175 Å². The van der Waals surface area contributed by atoms with Crippen LogP contribution in [-0.2, 0) is 5.41 Å². The van der Waals surface area contributed by atoms with Crippen LogP contribution in [0.15, 0.2) is 57.1 Å². The molecule has 0 spiro atoms. The molecule has 27 heavy (non-hydrogen) atoms. The molecule has 0 aliphatic carbocycles. The van der Waals surface area contributed by atoms with E-state index in [-0.39, 0.29) is 16.2 Å². The quantitative estimate of drug-likeness (QED) is 0.478. The zero-order chi connectivity index (χ0) is 19.5. The van der Waals surface area contributed by atoms with E-state index in [1.165, 1.54) is 6.07 Å². The highest BCUT2D eigenvalue weighted by molar-refractivity contribution is 7.99. The van der Waals surface area contributed by atoms with Crippen molar-refractivity contribution >= 4 is 46.6 Å². The lowest BCUT2D eigenvalue weighted by Gasteiger charge is -2.20. The Kier molecular flexibility index (Phi) is 4.51. The number of fused-ring (bicyclic) bond motifs is 3. The number of benzene rings is 2. The van der Waals surface area contributed by atoms with E-state index in [0.29, 0.717) is 20.0 Å². The molecule has 138 valence electrons. The smallest absolute Gasteiger partial charge is 0.273 e. The van der Waals surface area contributed by atoms with Crippen LogP contribution in [-0.4, -0.2) is 9.67 Å². The molecule has 7 heteroatoms. The summed E-state index contributed by atoms with van der Waals surface area (Å²) in [5.74, 6) is -0.0840. The predicted octanol–water partition coefficient (Wildman–Crippen LogP) is 6.29. The molecule has 0 unspecified atom stereocenters. The van der Waals surface area contributed by atoms with Gasteiger partial charge in [0.15, 0.2) is 0 Å². The Hall–Kier alpha value is -1.59. The van der Waals surface area contributed by atoms with Crippen LogP contribution in [0.5, 0.6) is 5.75 Å². The molecule has 1 N–H and O–H groups in total. The maximum atomic E-state index is 13.3. The number of pyridine rings is 1. The molecule has 3 nitrogen and oxygen atoms in total. The number of nitrogens with zero attached hydrogens (tertiary/aromatic N) is 1. The molecule has 4 rings (SSSR count). The maximum Gasteiger partial charge on any atom is 0.273 e. The lowest BCUT2D eigenvalue weighted by molar-refractivity contribution is 0.454. The minimum Gasteiger partial charge on any atom is -0.506 e. The van der Waals surface area contributed by atoms with Crippen LogP contribution in [0.1, 0.15) is 25.1 Å². The third-order valence-corrected chi connectivity index (χ3v) is 7.08. The molecular formula is C20H14Cl3NO2S. The van der Waals surface area contributed by atoms with E-state index in [9.17, 15) is 9.90 Å². The first-order valence-corrected chi connectivity index (χ1v) is 10.1. The topological polar surface area (TPSA) is 42.2 Å². The second-order valence-electron chi connectivity index (χ2n) is 6.83. The van der Waals surface area contributed by atoms with Gasteiger partial charge in [-0.1, -0.05) is 78.6 Å². The molecular weight excluding hydrogens is 425 g/mol. The fraction of sp³-hybridized carbons (Fsp3) is 0.150. The van der Waals surface area contributed by atoms with Crippen molar-refractivity contribution in [2.45, 2.75) is 29.1 Å². The van der Waals surface area contributed by atoms with Gasteiger partial charge in [0.1, 0.15) is 10.6 Å². The highest BCUT2D eigenvalue weighted by Gasteiger charge is 2.37. The van der Waals surface area contributed by atoms with Gasteiger partial charge in [-0.15, -0.1) is 0 Å². The minimum absolute atomic E-state index is 0.0840. The average molecular weight is 439 g/mol. The van der Waals surface area contributed by atoms with Crippen molar-refractivity contribution in [2.24, 2.45) is 0 Å². The Morgan fingerprint density at radius 1 is 1.00 bits per heavy atom. The van der Waals surface area contributed by atoms with Crippen molar-refractivity contribution in [3.63, 3.8) is 0 Å². The third kappa shape index (κ3) is 2.87. The molecule has 0 fully saturated rings. The van der Waals surface area contributed by atoms with E-state index in [1.54, 1.807) is 16.7 Å². The van der Waals surface area contributed by atoms with Gasteiger partial charge >= 0.3 is 0 Å². The van der Waals surface area contributed by atoms with Gasteiger partial charge in [0, 0.05) is 22.1 Å². The van der Waals surface area contributed by atoms with Crippen LogP contribution < -0.4 is 5.56 Å². The summed E-state index contributed by atoms with van der Waals surface area (Å²) in [6.45, 7) is 4.07. The Bertz CT molecular complexity index is 1150. The molecule has 2 aromatic carbocycles. The molecule has 0 bridgehead atoms. The van der Waals surface area contributed by atoms with E-state index in [4.69, 9.17) is 34.8 Å². The Balaban J connectivity index is 1.92. The monoisotopic (exact) mass is 437 g/mol. The SMILES string of the molecule is CC1(C)c2ccccc2-n2c1cc(O)c(Sc1cc(Cl)c(Cl)cc1Cl)c2=O. The van der Waals surface area contributed by atoms with E-state index in [0.717, 1.165) is 28.7 Å². The normalized spacial score (nSPS) is 14.1. The van der Waals surface area contributed by atoms with Gasteiger partial charge < -0.3 is 5.11 Å². The highest BCUT2D eigenvalue weighted by atomic mass is 35.5. The summed E-state index contributed by atoms with van der Waals surface area (Å²) in [4.78, 5) is 14.0. The predicted molar refractivity (Wildman–Crippen MR) is 111 cm³/mol. The molecule has 1 aromatic heterocycles. The van der Waals surface area contributed by atoms with Gasteiger partial charge in [0.2, 0.25) is 0 Å². The zero-order valence-corrected chi connectivity index (χ0v) is 17.5. The standard InChI is InChI=1S/C20H14Cl3NO2S/c1-20(2)10-5-3-4-6-14(10)24-17(20)9-15(25)18(19(24)26)27-16-8-12(22)11(21)7-13(16)23/h3-9,25H,1-2H3. The summed E-state index contributed by atoms with van der Waals surface area (Å²) in [5.41, 5.74) is 1.92. The third-order valence-electron chi connectivity index (χ3n) is 4.79. The van der Waals surface area contributed by atoms with Gasteiger partial charge in [-0.3, -0.25) is 9.36 Å². The van der Waals surface area contributed by atoms with Crippen molar-refractivity contribution in [2.75, 3.05) is 0 Å².